The molecule has 0 aliphatic rings. The van der Waals surface area contributed by atoms with Crippen molar-refractivity contribution in [2.75, 3.05) is 14.1 Å². The number of aromatic nitrogens is 1. The van der Waals surface area contributed by atoms with Gasteiger partial charge in [0, 0.05) is 32.2 Å². The van der Waals surface area contributed by atoms with Crippen molar-refractivity contribution in [3.63, 3.8) is 0 Å². The Morgan fingerprint density at radius 2 is 2.12 bits per heavy atom. The van der Waals surface area contributed by atoms with Gasteiger partial charge < -0.3 is 9.88 Å². The summed E-state index contributed by atoms with van der Waals surface area (Å²) in [7, 11) is 3.58. The summed E-state index contributed by atoms with van der Waals surface area (Å²) in [4.78, 5) is 16.2. The van der Waals surface area contributed by atoms with Gasteiger partial charge in [0.05, 0.1) is 0 Å². The van der Waals surface area contributed by atoms with Crippen LogP contribution in [0.5, 0.6) is 0 Å². The number of hydrogen-bond acceptors (Lipinski definition) is 1. The number of benzene rings is 1. The van der Waals surface area contributed by atoms with Gasteiger partial charge in [0.25, 0.3) is 0 Å². The summed E-state index contributed by atoms with van der Waals surface area (Å²) in [5.74, 6) is 0.175. The lowest BCUT2D eigenvalue weighted by molar-refractivity contribution is -0.128. The topological polar surface area (TPSA) is 36.1 Å². The van der Waals surface area contributed by atoms with E-state index >= 15 is 0 Å². The van der Waals surface area contributed by atoms with Gasteiger partial charge in [0.2, 0.25) is 5.91 Å². The van der Waals surface area contributed by atoms with Gasteiger partial charge in [0.1, 0.15) is 0 Å². The Kier molecular flexibility index (Phi) is 2.95. The number of nitrogens with zero attached hydrogens (tertiary/aromatic N) is 1. The first-order valence-electron chi connectivity index (χ1n) is 5.43. The lowest BCUT2D eigenvalue weighted by atomic mass is 10.1. The van der Waals surface area contributed by atoms with Gasteiger partial charge in [0.15, 0.2) is 0 Å². The van der Waals surface area contributed by atoms with Crippen molar-refractivity contribution in [1.82, 2.24) is 9.88 Å². The summed E-state index contributed by atoms with van der Waals surface area (Å²) >= 11 is 0. The van der Waals surface area contributed by atoms with Crippen molar-refractivity contribution in [3.05, 3.63) is 36.0 Å². The van der Waals surface area contributed by atoms with Crippen molar-refractivity contribution in [2.24, 2.45) is 0 Å². The number of carbonyl (C=O) groups excluding carboxylic acids is 1. The zero-order valence-corrected chi connectivity index (χ0v) is 9.66. The Morgan fingerprint density at radius 1 is 1.31 bits per heavy atom. The predicted octanol–water partition coefficient (Wildman–Crippen LogP) is 2.19. The van der Waals surface area contributed by atoms with Gasteiger partial charge in [-0.2, -0.15) is 0 Å². The highest BCUT2D eigenvalue weighted by molar-refractivity contribution is 5.80. The van der Waals surface area contributed by atoms with Crippen LogP contribution in [-0.4, -0.2) is 29.9 Å². The number of aromatic amines is 1. The van der Waals surface area contributed by atoms with Crippen LogP contribution in [0.25, 0.3) is 10.9 Å². The highest BCUT2D eigenvalue weighted by atomic mass is 16.2. The molecular weight excluding hydrogens is 200 g/mol. The fourth-order valence-electron chi connectivity index (χ4n) is 1.73. The zero-order valence-electron chi connectivity index (χ0n) is 9.66. The maximum Gasteiger partial charge on any atom is 0.222 e. The van der Waals surface area contributed by atoms with E-state index in [1.54, 1.807) is 19.0 Å². The highest BCUT2D eigenvalue weighted by Crippen LogP contribution is 2.15. The van der Waals surface area contributed by atoms with Gasteiger partial charge in [-0.1, -0.05) is 6.07 Å². The number of aryl methyl sites for hydroxylation is 1. The Hall–Kier alpha value is -1.77. The van der Waals surface area contributed by atoms with Gasteiger partial charge in [-0.15, -0.1) is 0 Å². The summed E-state index contributed by atoms with van der Waals surface area (Å²) in [6.07, 6.45) is 3.31. The number of fused-ring (bicyclic) bond motifs is 1. The van der Waals surface area contributed by atoms with Crippen LogP contribution in [0, 0.1) is 0 Å². The molecule has 1 N–H and O–H groups in total. The number of H-pyrrole nitrogens is 1. The molecule has 2 aromatic rings. The fraction of sp³-hybridized carbons (Fsp3) is 0.308. The number of carbonyl (C=O) groups is 1. The molecule has 3 nitrogen and oxygen atoms in total. The molecule has 0 spiro atoms. The maximum atomic E-state index is 11.4. The van der Waals surface area contributed by atoms with Crippen molar-refractivity contribution >= 4 is 16.8 Å². The Bertz CT molecular complexity index is 499. The Labute approximate surface area is 95.1 Å². The van der Waals surface area contributed by atoms with E-state index in [0.29, 0.717) is 6.42 Å². The molecule has 16 heavy (non-hydrogen) atoms. The quantitative estimate of drug-likeness (QED) is 0.838. The van der Waals surface area contributed by atoms with Crippen molar-refractivity contribution in [1.29, 1.82) is 0 Å². The molecule has 0 fully saturated rings. The standard InChI is InChI=1S/C13H16N2O/c1-15(2)13(16)6-4-10-3-5-12-11(9-10)7-8-14-12/h3,5,7-9,14H,4,6H2,1-2H3. The van der Waals surface area contributed by atoms with E-state index in [4.69, 9.17) is 0 Å². The molecule has 0 radical (unpaired) electrons. The van der Waals surface area contributed by atoms with Crippen molar-refractivity contribution in [2.45, 2.75) is 12.8 Å². The van der Waals surface area contributed by atoms with Crippen LogP contribution in [-0.2, 0) is 11.2 Å². The minimum absolute atomic E-state index is 0.175. The molecule has 2 rings (SSSR count). The second-order valence-electron chi connectivity index (χ2n) is 4.19. The van der Waals surface area contributed by atoms with E-state index in [2.05, 4.69) is 23.2 Å². The van der Waals surface area contributed by atoms with Crippen LogP contribution < -0.4 is 0 Å². The fourth-order valence-corrected chi connectivity index (χ4v) is 1.73. The molecule has 3 heteroatoms. The highest BCUT2D eigenvalue weighted by Gasteiger charge is 2.04. The number of nitrogens with one attached hydrogen (secondary N) is 1. The van der Waals surface area contributed by atoms with Crippen molar-refractivity contribution < 1.29 is 4.79 Å². The molecule has 0 bridgehead atoms. The van der Waals surface area contributed by atoms with E-state index in [9.17, 15) is 4.79 Å². The molecule has 84 valence electrons. The van der Waals surface area contributed by atoms with E-state index in [1.807, 2.05) is 12.3 Å². The smallest absolute Gasteiger partial charge is 0.222 e. The van der Waals surface area contributed by atoms with Crippen LogP contribution in [0.15, 0.2) is 30.5 Å². The number of rotatable bonds is 3. The van der Waals surface area contributed by atoms with Gasteiger partial charge in [-0.05, 0) is 35.6 Å². The Balaban J connectivity index is 2.06. The minimum atomic E-state index is 0.175. The van der Waals surface area contributed by atoms with Crippen LogP contribution in [0.2, 0.25) is 0 Å². The largest absolute Gasteiger partial charge is 0.361 e. The lowest BCUT2D eigenvalue weighted by Crippen LogP contribution is -2.21. The predicted molar refractivity (Wildman–Crippen MR) is 65.3 cm³/mol. The van der Waals surface area contributed by atoms with Crippen LogP contribution in [0.1, 0.15) is 12.0 Å². The summed E-state index contributed by atoms with van der Waals surface area (Å²) in [6, 6.07) is 8.31. The van der Waals surface area contributed by atoms with Crippen LogP contribution >= 0.6 is 0 Å². The van der Waals surface area contributed by atoms with E-state index in [-0.39, 0.29) is 5.91 Å². The molecular formula is C13H16N2O. The average Bonchev–Trinajstić information content (AvgIpc) is 2.72. The summed E-state index contributed by atoms with van der Waals surface area (Å²) in [6.45, 7) is 0. The monoisotopic (exact) mass is 216 g/mol. The Morgan fingerprint density at radius 3 is 2.88 bits per heavy atom. The minimum Gasteiger partial charge on any atom is -0.361 e. The lowest BCUT2D eigenvalue weighted by Gasteiger charge is -2.09. The first-order chi connectivity index (χ1) is 7.66. The summed E-state index contributed by atoms with van der Waals surface area (Å²) in [5.41, 5.74) is 2.35. The second-order valence-corrected chi connectivity index (χ2v) is 4.19. The third-order valence-electron chi connectivity index (χ3n) is 2.74. The molecule has 1 amide bonds. The maximum absolute atomic E-state index is 11.4. The third-order valence-corrected chi connectivity index (χ3v) is 2.74. The van der Waals surface area contributed by atoms with E-state index < -0.39 is 0 Å². The van der Waals surface area contributed by atoms with Crippen LogP contribution in [0.4, 0.5) is 0 Å². The zero-order chi connectivity index (χ0) is 11.5. The van der Waals surface area contributed by atoms with E-state index in [1.165, 1.54) is 10.9 Å². The molecule has 1 aromatic heterocycles. The van der Waals surface area contributed by atoms with Crippen LogP contribution in [0.3, 0.4) is 0 Å². The molecule has 1 heterocycles. The third kappa shape index (κ3) is 2.24. The van der Waals surface area contributed by atoms with Gasteiger partial charge >= 0.3 is 0 Å². The SMILES string of the molecule is CN(C)C(=O)CCc1ccc2[nH]ccc2c1. The normalized spacial score (nSPS) is 10.6. The van der Waals surface area contributed by atoms with Crippen molar-refractivity contribution in [3.8, 4) is 0 Å². The molecule has 0 atom stereocenters. The summed E-state index contributed by atoms with van der Waals surface area (Å²) < 4.78 is 0. The molecule has 0 aliphatic carbocycles. The molecule has 0 aliphatic heterocycles. The van der Waals surface area contributed by atoms with Gasteiger partial charge in [-0.3, -0.25) is 4.79 Å². The first kappa shape index (κ1) is 10.7. The summed E-state index contributed by atoms with van der Waals surface area (Å²) in [5, 5.41) is 1.20. The van der Waals surface area contributed by atoms with E-state index in [0.717, 1.165) is 11.9 Å². The number of amides is 1. The van der Waals surface area contributed by atoms with Gasteiger partial charge in [-0.25, -0.2) is 0 Å². The molecule has 0 saturated carbocycles. The molecule has 0 saturated heterocycles. The average molecular weight is 216 g/mol. The molecule has 1 aromatic carbocycles. The number of hydrogen-bond donors (Lipinski definition) is 1. The second kappa shape index (κ2) is 4.39. The first-order valence-corrected chi connectivity index (χ1v) is 5.43. The molecule has 0 unspecified atom stereocenters.